The summed E-state index contributed by atoms with van der Waals surface area (Å²) in [7, 11) is 0. The van der Waals surface area contributed by atoms with Crippen LogP contribution in [0.15, 0.2) is 30.3 Å². The van der Waals surface area contributed by atoms with Crippen molar-refractivity contribution in [2.75, 3.05) is 13.1 Å². The van der Waals surface area contributed by atoms with E-state index in [0.29, 0.717) is 6.42 Å². The largest absolute Gasteiger partial charge is 0.344 e. The second kappa shape index (κ2) is 6.95. The zero-order valence-corrected chi connectivity index (χ0v) is 13.0. The molecule has 1 saturated carbocycles. The average Bonchev–Trinajstić information content (AvgIpc) is 2.99. The fraction of sp³-hybridized carbons (Fsp3) is 0.556. The third kappa shape index (κ3) is 3.49. The summed E-state index contributed by atoms with van der Waals surface area (Å²) in [6.45, 7) is 1.65. The fourth-order valence-corrected chi connectivity index (χ4v) is 3.17. The summed E-state index contributed by atoms with van der Waals surface area (Å²) in [6, 6.07) is 9.52. The Bertz CT molecular complexity index is 519. The van der Waals surface area contributed by atoms with Gasteiger partial charge in [-0.3, -0.25) is 9.59 Å². The lowest BCUT2D eigenvalue weighted by Crippen LogP contribution is -2.51. The Labute approximate surface area is 131 Å². The van der Waals surface area contributed by atoms with Gasteiger partial charge in [-0.25, -0.2) is 0 Å². The van der Waals surface area contributed by atoms with E-state index in [0.717, 1.165) is 50.8 Å². The predicted octanol–water partition coefficient (Wildman–Crippen LogP) is 2.14. The molecule has 1 unspecified atom stereocenters. The molecule has 118 valence electrons. The number of likely N-dealkylation sites (tertiary alicyclic amines) is 1. The van der Waals surface area contributed by atoms with Crippen LogP contribution in [0.25, 0.3) is 0 Å². The molecular weight excluding hydrogens is 276 g/mol. The molecule has 22 heavy (non-hydrogen) atoms. The van der Waals surface area contributed by atoms with Crippen molar-refractivity contribution in [2.24, 2.45) is 5.92 Å². The normalized spacial score (nSPS) is 19.5. The van der Waals surface area contributed by atoms with Crippen LogP contribution in [0.5, 0.6) is 0 Å². The zero-order chi connectivity index (χ0) is 15.4. The standard InChI is InChI=1S/C18H24N2O2/c21-17(15-9-6-10-15)19-16(13-14-7-2-1-3-8-14)18(22)20-11-4-5-12-20/h1-3,7-8,15-16H,4-6,9-13H2,(H,19,21). The number of rotatable bonds is 5. The molecule has 1 N–H and O–H groups in total. The van der Waals surface area contributed by atoms with Gasteiger partial charge in [0, 0.05) is 25.4 Å². The molecule has 1 heterocycles. The number of nitrogens with one attached hydrogen (secondary N) is 1. The summed E-state index contributed by atoms with van der Waals surface area (Å²) in [5.41, 5.74) is 1.09. The van der Waals surface area contributed by atoms with E-state index in [4.69, 9.17) is 0 Å². The Balaban J connectivity index is 1.68. The minimum Gasteiger partial charge on any atom is -0.344 e. The summed E-state index contributed by atoms with van der Waals surface area (Å²) in [5.74, 6) is 0.249. The Morgan fingerprint density at radius 3 is 2.36 bits per heavy atom. The number of carbonyl (C=O) groups is 2. The SMILES string of the molecule is O=C(NC(Cc1ccccc1)C(=O)N1CCCC1)C1CCC1. The van der Waals surface area contributed by atoms with Gasteiger partial charge in [0.25, 0.3) is 0 Å². The molecule has 0 bridgehead atoms. The van der Waals surface area contributed by atoms with Crippen LogP contribution in [0.2, 0.25) is 0 Å². The zero-order valence-electron chi connectivity index (χ0n) is 13.0. The Kier molecular flexibility index (Phi) is 4.76. The molecule has 1 aliphatic carbocycles. The van der Waals surface area contributed by atoms with E-state index in [-0.39, 0.29) is 17.7 Å². The van der Waals surface area contributed by atoms with Gasteiger partial charge < -0.3 is 10.2 Å². The minimum absolute atomic E-state index is 0.0553. The van der Waals surface area contributed by atoms with Crippen molar-refractivity contribution in [3.63, 3.8) is 0 Å². The summed E-state index contributed by atoms with van der Waals surface area (Å²) in [4.78, 5) is 26.9. The lowest BCUT2D eigenvalue weighted by Gasteiger charge is -2.29. The van der Waals surface area contributed by atoms with Crippen molar-refractivity contribution < 1.29 is 9.59 Å². The van der Waals surface area contributed by atoms with Gasteiger partial charge in [-0.2, -0.15) is 0 Å². The first kappa shape index (κ1) is 15.1. The van der Waals surface area contributed by atoms with Crippen LogP contribution in [0.4, 0.5) is 0 Å². The Hall–Kier alpha value is -1.84. The summed E-state index contributed by atoms with van der Waals surface area (Å²) >= 11 is 0. The molecule has 1 saturated heterocycles. The first-order valence-electron chi connectivity index (χ1n) is 8.37. The maximum absolute atomic E-state index is 12.7. The van der Waals surface area contributed by atoms with E-state index in [1.165, 1.54) is 0 Å². The molecule has 1 atom stereocenters. The second-order valence-electron chi connectivity index (χ2n) is 6.41. The van der Waals surface area contributed by atoms with E-state index >= 15 is 0 Å². The van der Waals surface area contributed by atoms with Crippen LogP contribution in [0.3, 0.4) is 0 Å². The van der Waals surface area contributed by atoms with Gasteiger partial charge in [-0.15, -0.1) is 0 Å². The van der Waals surface area contributed by atoms with Crippen LogP contribution >= 0.6 is 0 Å². The first-order chi connectivity index (χ1) is 10.7. The first-order valence-corrected chi connectivity index (χ1v) is 8.37. The Morgan fingerprint density at radius 2 is 1.77 bits per heavy atom. The van der Waals surface area contributed by atoms with Gasteiger partial charge in [0.2, 0.25) is 11.8 Å². The van der Waals surface area contributed by atoms with Crippen molar-refractivity contribution in [3.05, 3.63) is 35.9 Å². The number of amides is 2. The summed E-state index contributed by atoms with van der Waals surface area (Å²) in [6.07, 6.45) is 5.76. The molecule has 2 amide bonds. The van der Waals surface area contributed by atoms with E-state index < -0.39 is 6.04 Å². The number of benzene rings is 1. The van der Waals surface area contributed by atoms with Crippen LogP contribution in [-0.2, 0) is 16.0 Å². The summed E-state index contributed by atoms with van der Waals surface area (Å²) in [5, 5.41) is 3.01. The van der Waals surface area contributed by atoms with E-state index in [2.05, 4.69) is 5.32 Å². The molecule has 2 aliphatic rings. The monoisotopic (exact) mass is 300 g/mol. The molecule has 4 nitrogen and oxygen atoms in total. The van der Waals surface area contributed by atoms with Gasteiger partial charge >= 0.3 is 0 Å². The van der Waals surface area contributed by atoms with Gasteiger partial charge in [0.05, 0.1) is 0 Å². The highest BCUT2D eigenvalue weighted by atomic mass is 16.2. The van der Waals surface area contributed by atoms with Gasteiger partial charge in [-0.1, -0.05) is 36.8 Å². The maximum Gasteiger partial charge on any atom is 0.245 e. The average molecular weight is 300 g/mol. The number of carbonyl (C=O) groups excluding carboxylic acids is 2. The lowest BCUT2D eigenvalue weighted by molar-refractivity contribution is -0.137. The molecule has 0 radical (unpaired) electrons. The second-order valence-corrected chi connectivity index (χ2v) is 6.41. The lowest BCUT2D eigenvalue weighted by atomic mass is 9.84. The molecule has 0 spiro atoms. The predicted molar refractivity (Wildman–Crippen MR) is 85.2 cm³/mol. The van der Waals surface area contributed by atoms with Crippen molar-refractivity contribution in [1.82, 2.24) is 10.2 Å². The van der Waals surface area contributed by atoms with Crippen LogP contribution in [-0.4, -0.2) is 35.8 Å². The molecule has 3 rings (SSSR count). The Morgan fingerprint density at radius 1 is 1.09 bits per heavy atom. The maximum atomic E-state index is 12.7. The fourth-order valence-electron chi connectivity index (χ4n) is 3.17. The molecule has 0 aromatic heterocycles. The van der Waals surface area contributed by atoms with Gasteiger partial charge in [-0.05, 0) is 31.2 Å². The third-order valence-electron chi connectivity index (χ3n) is 4.79. The number of hydrogen-bond donors (Lipinski definition) is 1. The number of nitrogens with zero attached hydrogens (tertiary/aromatic N) is 1. The number of hydrogen-bond acceptors (Lipinski definition) is 2. The molecule has 1 aromatic rings. The van der Waals surface area contributed by atoms with Crippen LogP contribution in [0.1, 0.15) is 37.7 Å². The van der Waals surface area contributed by atoms with E-state index in [1.807, 2.05) is 35.2 Å². The highest BCUT2D eigenvalue weighted by Gasteiger charge is 2.32. The quantitative estimate of drug-likeness (QED) is 0.905. The third-order valence-corrected chi connectivity index (χ3v) is 4.79. The molecule has 1 aliphatic heterocycles. The van der Waals surface area contributed by atoms with Crippen molar-refractivity contribution >= 4 is 11.8 Å². The summed E-state index contributed by atoms with van der Waals surface area (Å²) < 4.78 is 0. The van der Waals surface area contributed by atoms with Crippen molar-refractivity contribution in [2.45, 2.75) is 44.6 Å². The van der Waals surface area contributed by atoms with Crippen molar-refractivity contribution in [3.8, 4) is 0 Å². The van der Waals surface area contributed by atoms with E-state index in [1.54, 1.807) is 0 Å². The topological polar surface area (TPSA) is 49.4 Å². The molecule has 1 aromatic carbocycles. The van der Waals surface area contributed by atoms with Gasteiger partial charge in [0.1, 0.15) is 6.04 Å². The van der Waals surface area contributed by atoms with Crippen molar-refractivity contribution in [1.29, 1.82) is 0 Å². The van der Waals surface area contributed by atoms with Crippen LogP contribution in [0, 0.1) is 5.92 Å². The molecular formula is C18H24N2O2. The molecule has 4 heteroatoms. The highest BCUT2D eigenvalue weighted by molar-refractivity contribution is 5.89. The smallest absolute Gasteiger partial charge is 0.245 e. The molecule has 2 fully saturated rings. The minimum atomic E-state index is -0.423. The van der Waals surface area contributed by atoms with Crippen LogP contribution < -0.4 is 5.32 Å². The van der Waals surface area contributed by atoms with E-state index in [9.17, 15) is 9.59 Å². The van der Waals surface area contributed by atoms with Gasteiger partial charge in [0.15, 0.2) is 0 Å². The highest BCUT2D eigenvalue weighted by Crippen LogP contribution is 2.26.